The molecule has 1 aromatic rings. The van der Waals surface area contributed by atoms with Gasteiger partial charge in [-0.15, -0.1) is 0 Å². The van der Waals surface area contributed by atoms with Crippen LogP contribution in [0, 0.1) is 12.3 Å². The number of halogens is 1. The lowest BCUT2D eigenvalue weighted by atomic mass is 9.56. The highest BCUT2D eigenvalue weighted by Crippen LogP contribution is 2.57. The maximum absolute atomic E-state index is 14.0. The van der Waals surface area contributed by atoms with Crippen molar-refractivity contribution in [2.45, 2.75) is 58.2 Å². The summed E-state index contributed by atoms with van der Waals surface area (Å²) in [6.07, 6.45) is 3.56. The minimum Gasteiger partial charge on any atom is -0.302 e. The second-order valence-electron chi connectivity index (χ2n) is 7.21. The Labute approximate surface area is 123 Å². The van der Waals surface area contributed by atoms with E-state index in [1.165, 1.54) is 11.1 Å². The quantitative estimate of drug-likeness (QED) is 0.739. The van der Waals surface area contributed by atoms with Crippen LogP contribution in [-0.2, 0) is 0 Å². The van der Waals surface area contributed by atoms with Gasteiger partial charge in [0.05, 0.1) is 0 Å². The topological polar surface area (TPSA) is 3.24 Å². The molecule has 1 saturated carbocycles. The number of hydrogen-bond donors (Lipinski definition) is 0. The molecule has 0 saturated heterocycles. The lowest BCUT2D eigenvalue weighted by Gasteiger charge is -2.52. The van der Waals surface area contributed by atoms with Gasteiger partial charge >= 0.3 is 0 Å². The first-order chi connectivity index (χ1) is 9.27. The van der Waals surface area contributed by atoms with Crippen LogP contribution in [0.25, 0.3) is 0 Å². The Kier molecular flexibility index (Phi) is 4.24. The number of aryl methyl sites for hydroxylation is 1. The van der Waals surface area contributed by atoms with E-state index in [0.29, 0.717) is 18.9 Å². The van der Waals surface area contributed by atoms with Gasteiger partial charge in [-0.3, -0.25) is 0 Å². The molecule has 0 N–H and O–H groups in total. The zero-order valence-electron chi connectivity index (χ0n) is 13.5. The summed E-state index contributed by atoms with van der Waals surface area (Å²) < 4.78 is 14.0. The second kappa shape index (κ2) is 5.48. The van der Waals surface area contributed by atoms with Gasteiger partial charge in [-0.1, -0.05) is 43.2 Å². The third-order valence-corrected chi connectivity index (χ3v) is 4.95. The normalized spacial score (nSPS) is 31.1. The average Bonchev–Trinajstić information content (AvgIpc) is 2.34. The van der Waals surface area contributed by atoms with Crippen molar-refractivity contribution >= 4 is 0 Å². The number of alkyl halides is 1. The minimum absolute atomic E-state index is 0.184. The molecule has 1 aliphatic carbocycles. The van der Waals surface area contributed by atoms with E-state index in [9.17, 15) is 4.39 Å². The van der Waals surface area contributed by atoms with Crippen LogP contribution < -0.4 is 0 Å². The van der Waals surface area contributed by atoms with Crippen LogP contribution in [0.3, 0.4) is 0 Å². The molecule has 1 aromatic carbocycles. The highest BCUT2D eigenvalue weighted by atomic mass is 19.1. The molecule has 1 nitrogen and oxygen atoms in total. The number of benzene rings is 1. The predicted molar refractivity (Wildman–Crippen MR) is 83.7 cm³/mol. The summed E-state index contributed by atoms with van der Waals surface area (Å²) in [6.45, 7) is 6.07. The van der Waals surface area contributed by atoms with Gasteiger partial charge in [-0.2, -0.15) is 0 Å². The van der Waals surface area contributed by atoms with E-state index in [1.807, 2.05) is 0 Å². The zero-order chi connectivity index (χ0) is 15.0. The smallest absolute Gasteiger partial charge is 0.109 e. The Morgan fingerprint density at radius 1 is 1.20 bits per heavy atom. The molecule has 1 atom stereocenters. The van der Waals surface area contributed by atoms with Crippen molar-refractivity contribution in [2.75, 3.05) is 14.1 Å². The van der Waals surface area contributed by atoms with E-state index in [2.05, 4.69) is 57.1 Å². The summed E-state index contributed by atoms with van der Waals surface area (Å²) in [7, 11) is 4.25. The number of hydrogen-bond acceptors (Lipinski definition) is 1. The highest BCUT2D eigenvalue weighted by molar-refractivity contribution is 5.25. The molecule has 1 unspecified atom stereocenters. The van der Waals surface area contributed by atoms with Crippen LogP contribution in [0.5, 0.6) is 0 Å². The lowest BCUT2D eigenvalue weighted by Crippen LogP contribution is -2.48. The first-order valence-corrected chi connectivity index (χ1v) is 7.69. The molecule has 1 fully saturated rings. The van der Waals surface area contributed by atoms with Crippen LogP contribution in [0.4, 0.5) is 4.39 Å². The van der Waals surface area contributed by atoms with E-state index >= 15 is 0 Å². The molecule has 112 valence electrons. The fourth-order valence-corrected chi connectivity index (χ4v) is 3.85. The Bertz CT molecular complexity index is 439. The standard InChI is InChI=1S/C18H28FN/c1-6-18(12-17(3,19)13-18)11-16(20(4)5)15-9-7-14(2)8-10-15/h7-10,16H,6,11-13H2,1-5H3. The van der Waals surface area contributed by atoms with Gasteiger partial charge in [-0.25, -0.2) is 4.39 Å². The van der Waals surface area contributed by atoms with E-state index < -0.39 is 5.67 Å². The molecular weight excluding hydrogens is 249 g/mol. The van der Waals surface area contributed by atoms with Crippen LogP contribution >= 0.6 is 0 Å². The van der Waals surface area contributed by atoms with E-state index in [1.54, 1.807) is 6.92 Å². The van der Waals surface area contributed by atoms with Crippen molar-refractivity contribution in [3.05, 3.63) is 35.4 Å². The molecule has 0 heterocycles. The molecule has 0 spiro atoms. The van der Waals surface area contributed by atoms with Gasteiger partial charge in [0.2, 0.25) is 0 Å². The molecule has 0 bridgehead atoms. The van der Waals surface area contributed by atoms with Crippen LogP contribution in [-0.4, -0.2) is 24.7 Å². The first kappa shape index (κ1) is 15.5. The molecule has 0 radical (unpaired) electrons. The van der Waals surface area contributed by atoms with Crippen LogP contribution in [0.1, 0.15) is 56.7 Å². The van der Waals surface area contributed by atoms with Crippen molar-refractivity contribution in [1.82, 2.24) is 4.90 Å². The third-order valence-electron chi connectivity index (χ3n) is 4.95. The molecule has 0 aromatic heterocycles. The zero-order valence-corrected chi connectivity index (χ0v) is 13.5. The third kappa shape index (κ3) is 3.22. The summed E-state index contributed by atoms with van der Waals surface area (Å²) in [4.78, 5) is 2.27. The second-order valence-corrected chi connectivity index (χ2v) is 7.21. The Morgan fingerprint density at radius 3 is 2.15 bits per heavy atom. The van der Waals surface area contributed by atoms with Gasteiger partial charge in [0, 0.05) is 6.04 Å². The monoisotopic (exact) mass is 277 g/mol. The van der Waals surface area contributed by atoms with Crippen molar-refractivity contribution in [3.63, 3.8) is 0 Å². The van der Waals surface area contributed by atoms with Gasteiger partial charge < -0.3 is 4.90 Å². The molecular formula is C18H28FN. The van der Waals surface area contributed by atoms with Crippen LogP contribution in [0.2, 0.25) is 0 Å². The lowest BCUT2D eigenvalue weighted by molar-refractivity contribution is -0.0735. The predicted octanol–water partition coefficient (Wildman–Crippen LogP) is 4.91. The highest BCUT2D eigenvalue weighted by Gasteiger charge is 2.52. The maximum Gasteiger partial charge on any atom is 0.109 e. The number of rotatable bonds is 5. The summed E-state index contributed by atoms with van der Waals surface area (Å²) in [5.41, 5.74) is 1.88. The van der Waals surface area contributed by atoms with E-state index in [0.717, 1.165) is 12.8 Å². The van der Waals surface area contributed by atoms with Crippen LogP contribution in [0.15, 0.2) is 24.3 Å². The maximum atomic E-state index is 14.0. The first-order valence-electron chi connectivity index (χ1n) is 7.69. The fourth-order valence-electron chi connectivity index (χ4n) is 3.85. The van der Waals surface area contributed by atoms with Crippen molar-refractivity contribution in [1.29, 1.82) is 0 Å². The van der Waals surface area contributed by atoms with Gasteiger partial charge in [0.15, 0.2) is 0 Å². The summed E-state index contributed by atoms with van der Waals surface area (Å²) in [5, 5.41) is 0. The summed E-state index contributed by atoms with van der Waals surface area (Å²) in [6, 6.07) is 9.16. The Morgan fingerprint density at radius 2 is 1.75 bits per heavy atom. The van der Waals surface area contributed by atoms with Crippen molar-refractivity contribution < 1.29 is 4.39 Å². The molecule has 2 rings (SSSR count). The average molecular weight is 277 g/mol. The van der Waals surface area contributed by atoms with Gasteiger partial charge in [0.25, 0.3) is 0 Å². The van der Waals surface area contributed by atoms with Gasteiger partial charge in [-0.05, 0) is 58.2 Å². The van der Waals surface area contributed by atoms with E-state index in [4.69, 9.17) is 0 Å². The SMILES string of the molecule is CCC1(CC(c2ccc(C)cc2)N(C)C)CC(C)(F)C1. The van der Waals surface area contributed by atoms with Crippen molar-refractivity contribution in [2.24, 2.45) is 5.41 Å². The summed E-state index contributed by atoms with van der Waals surface area (Å²) in [5.74, 6) is 0. The molecule has 1 aliphatic rings. The summed E-state index contributed by atoms with van der Waals surface area (Å²) >= 11 is 0. The molecule has 0 aliphatic heterocycles. The number of nitrogens with zero attached hydrogens (tertiary/aromatic N) is 1. The molecule has 20 heavy (non-hydrogen) atoms. The van der Waals surface area contributed by atoms with Gasteiger partial charge in [0.1, 0.15) is 5.67 Å². The molecule has 2 heteroatoms. The largest absolute Gasteiger partial charge is 0.302 e. The molecule has 0 amide bonds. The van der Waals surface area contributed by atoms with E-state index in [-0.39, 0.29) is 5.41 Å². The van der Waals surface area contributed by atoms with Crippen molar-refractivity contribution in [3.8, 4) is 0 Å². The Balaban J connectivity index is 2.16. The Hall–Kier alpha value is -0.890. The minimum atomic E-state index is -0.944. The fraction of sp³-hybridized carbons (Fsp3) is 0.667.